The first-order chi connectivity index (χ1) is 11.2. The zero-order valence-electron chi connectivity index (χ0n) is 12.7. The van der Waals surface area contributed by atoms with Gasteiger partial charge in [0, 0.05) is 5.69 Å². The van der Waals surface area contributed by atoms with Gasteiger partial charge >= 0.3 is 6.03 Å². The van der Waals surface area contributed by atoms with Crippen molar-refractivity contribution in [2.45, 2.75) is 6.92 Å². The monoisotopic (exact) mass is 311 g/mol. The number of amides is 2. The number of carbonyl (C=O) groups excluding carboxylic acids is 1. The average molecular weight is 311 g/mol. The van der Waals surface area contributed by atoms with E-state index >= 15 is 0 Å². The van der Waals surface area contributed by atoms with Gasteiger partial charge in [0.25, 0.3) is 0 Å². The van der Waals surface area contributed by atoms with E-state index in [-0.39, 0.29) is 12.8 Å². The minimum atomic E-state index is -0.388. The molecule has 0 fully saturated rings. The molecule has 2 aromatic carbocycles. The molecule has 0 radical (unpaired) electrons. The molecule has 2 rings (SSSR count). The summed E-state index contributed by atoms with van der Waals surface area (Å²) in [5.41, 5.74) is 1.14. The number of anilines is 1. The summed E-state index contributed by atoms with van der Waals surface area (Å²) in [6.07, 6.45) is 0. The van der Waals surface area contributed by atoms with E-state index in [2.05, 4.69) is 10.6 Å². The van der Waals surface area contributed by atoms with Crippen LogP contribution in [0.25, 0.3) is 0 Å². The molecule has 2 aromatic rings. The van der Waals surface area contributed by atoms with E-state index < -0.39 is 0 Å². The molecular formula is C17H17N3O3. The second-order valence-corrected chi connectivity index (χ2v) is 4.51. The summed E-state index contributed by atoms with van der Waals surface area (Å²) in [4.78, 5) is 11.7. The van der Waals surface area contributed by atoms with Crippen molar-refractivity contribution in [1.29, 1.82) is 5.26 Å². The summed E-state index contributed by atoms with van der Waals surface area (Å²) in [5.74, 6) is 1.40. The lowest BCUT2D eigenvalue weighted by Crippen LogP contribution is -2.31. The van der Waals surface area contributed by atoms with Gasteiger partial charge in [-0.15, -0.1) is 0 Å². The smallest absolute Gasteiger partial charge is 0.321 e. The van der Waals surface area contributed by atoms with Crippen molar-refractivity contribution >= 4 is 11.7 Å². The van der Waals surface area contributed by atoms with E-state index in [1.165, 1.54) is 0 Å². The van der Waals surface area contributed by atoms with Gasteiger partial charge in [0.1, 0.15) is 11.5 Å². The molecule has 0 atom stereocenters. The largest absolute Gasteiger partial charge is 0.494 e. The molecule has 0 saturated carbocycles. The van der Waals surface area contributed by atoms with Gasteiger partial charge in [-0.2, -0.15) is 5.26 Å². The maximum atomic E-state index is 11.7. The average Bonchev–Trinajstić information content (AvgIpc) is 2.57. The van der Waals surface area contributed by atoms with Crippen molar-refractivity contribution in [3.8, 4) is 17.6 Å². The van der Waals surface area contributed by atoms with Gasteiger partial charge in [-0.05, 0) is 55.5 Å². The van der Waals surface area contributed by atoms with Crippen LogP contribution in [0.1, 0.15) is 12.5 Å². The molecule has 6 heteroatoms. The lowest BCUT2D eigenvalue weighted by molar-refractivity contribution is 0.234. The summed E-state index contributed by atoms with van der Waals surface area (Å²) >= 11 is 0. The normalized spacial score (nSPS) is 9.57. The van der Waals surface area contributed by atoms with Crippen LogP contribution in [-0.2, 0) is 0 Å². The highest BCUT2D eigenvalue weighted by molar-refractivity contribution is 5.89. The molecule has 0 aromatic heterocycles. The SMILES string of the molecule is CCOc1ccc(OCNC(=O)Nc2ccc(C#N)cc2)cc1. The van der Waals surface area contributed by atoms with Crippen molar-refractivity contribution < 1.29 is 14.3 Å². The molecule has 0 aliphatic heterocycles. The number of rotatable bonds is 6. The molecule has 6 nitrogen and oxygen atoms in total. The van der Waals surface area contributed by atoms with Gasteiger partial charge in [-0.25, -0.2) is 4.79 Å². The molecule has 23 heavy (non-hydrogen) atoms. The fraction of sp³-hybridized carbons (Fsp3) is 0.176. The summed E-state index contributed by atoms with van der Waals surface area (Å²) in [7, 11) is 0. The number of nitrogens with one attached hydrogen (secondary N) is 2. The Morgan fingerprint density at radius 3 is 2.22 bits per heavy atom. The second-order valence-electron chi connectivity index (χ2n) is 4.51. The van der Waals surface area contributed by atoms with Crippen molar-refractivity contribution in [3.05, 3.63) is 54.1 Å². The number of ether oxygens (including phenoxy) is 2. The highest BCUT2D eigenvalue weighted by Gasteiger charge is 2.02. The van der Waals surface area contributed by atoms with Gasteiger partial charge in [-0.1, -0.05) is 0 Å². The molecule has 0 spiro atoms. The molecule has 0 bridgehead atoms. The molecule has 2 amide bonds. The number of carbonyl (C=O) groups is 1. The van der Waals surface area contributed by atoms with Crippen LogP contribution in [0.15, 0.2) is 48.5 Å². The van der Waals surface area contributed by atoms with Crippen molar-refractivity contribution in [2.24, 2.45) is 0 Å². The standard InChI is InChI=1S/C17H17N3O3/c1-2-22-15-7-9-16(10-8-15)23-12-19-17(21)20-14-5-3-13(11-18)4-6-14/h3-10H,2,12H2,1H3,(H2,19,20,21). The van der Waals surface area contributed by atoms with Crippen LogP contribution in [0, 0.1) is 11.3 Å². The highest BCUT2D eigenvalue weighted by atomic mass is 16.5. The Labute approximate surface area is 134 Å². The maximum Gasteiger partial charge on any atom is 0.321 e. The predicted molar refractivity (Wildman–Crippen MR) is 86.4 cm³/mol. The predicted octanol–water partition coefficient (Wildman–Crippen LogP) is 3.11. The Kier molecular flexibility index (Phi) is 5.83. The van der Waals surface area contributed by atoms with Crippen LogP contribution < -0.4 is 20.1 Å². The Bertz CT molecular complexity index is 676. The van der Waals surface area contributed by atoms with E-state index in [0.717, 1.165) is 5.75 Å². The quantitative estimate of drug-likeness (QED) is 0.803. The minimum Gasteiger partial charge on any atom is -0.494 e. The first-order valence-corrected chi connectivity index (χ1v) is 7.12. The first-order valence-electron chi connectivity index (χ1n) is 7.12. The topological polar surface area (TPSA) is 83.4 Å². The van der Waals surface area contributed by atoms with Crippen LogP contribution in [0.4, 0.5) is 10.5 Å². The van der Waals surface area contributed by atoms with E-state index in [1.54, 1.807) is 48.5 Å². The second kappa shape index (κ2) is 8.29. The highest BCUT2D eigenvalue weighted by Crippen LogP contribution is 2.17. The van der Waals surface area contributed by atoms with Gasteiger partial charge in [0.05, 0.1) is 18.2 Å². The van der Waals surface area contributed by atoms with E-state index in [4.69, 9.17) is 14.7 Å². The zero-order chi connectivity index (χ0) is 16.5. The molecule has 0 saturated heterocycles. The van der Waals surface area contributed by atoms with Crippen molar-refractivity contribution in [1.82, 2.24) is 5.32 Å². The Morgan fingerprint density at radius 2 is 1.65 bits per heavy atom. The third-order valence-corrected chi connectivity index (χ3v) is 2.88. The number of urea groups is 1. The number of nitrogens with zero attached hydrogens (tertiary/aromatic N) is 1. The van der Waals surface area contributed by atoms with Crippen LogP contribution in [0.3, 0.4) is 0 Å². The lowest BCUT2D eigenvalue weighted by atomic mass is 10.2. The van der Waals surface area contributed by atoms with Crippen LogP contribution in [0.5, 0.6) is 11.5 Å². The summed E-state index contributed by atoms with van der Waals surface area (Å²) < 4.78 is 10.7. The fourth-order valence-electron chi connectivity index (χ4n) is 1.79. The van der Waals surface area contributed by atoms with Crippen LogP contribution in [-0.4, -0.2) is 19.4 Å². The Hall–Kier alpha value is -3.20. The Morgan fingerprint density at radius 1 is 1.04 bits per heavy atom. The van der Waals surface area contributed by atoms with Crippen molar-refractivity contribution in [3.63, 3.8) is 0 Å². The molecule has 0 aliphatic rings. The zero-order valence-corrected chi connectivity index (χ0v) is 12.7. The number of nitriles is 1. The lowest BCUT2D eigenvalue weighted by Gasteiger charge is -2.10. The van der Waals surface area contributed by atoms with Crippen LogP contribution in [0.2, 0.25) is 0 Å². The minimum absolute atomic E-state index is 0.0378. The van der Waals surface area contributed by atoms with E-state index in [1.807, 2.05) is 13.0 Å². The van der Waals surface area contributed by atoms with Gasteiger partial charge in [-0.3, -0.25) is 0 Å². The maximum absolute atomic E-state index is 11.7. The van der Waals surface area contributed by atoms with E-state index in [0.29, 0.717) is 23.6 Å². The van der Waals surface area contributed by atoms with Crippen LogP contribution >= 0.6 is 0 Å². The summed E-state index contributed by atoms with van der Waals surface area (Å²) in [6, 6.07) is 15.3. The molecule has 118 valence electrons. The molecular weight excluding hydrogens is 294 g/mol. The third kappa shape index (κ3) is 5.25. The first kappa shape index (κ1) is 16.2. The van der Waals surface area contributed by atoms with Crippen molar-refractivity contribution in [2.75, 3.05) is 18.7 Å². The van der Waals surface area contributed by atoms with E-state index in [9.17, 15) is 4.79 Å². The molecule has 0 aliphatic carbocycles. The number of benzene rings is 2. The fourth-order valence-corrected chi connectivity index (χ4v) is 1.79. The summed E-state index contributed by atoms with van der Waals surface area (Å²) in [5, 5.41) is 13.9. The van der Waals surface area contributed by atoms with Gasteiger partial charge < -0.3 is 20.1 Å². The molecule has 0 heterocycles. The number of hydrogen-bond donors (Lipinski definition) is 2. The summed E-state index contributed by atoms with van der Waals surface area (Å²) in [6.45, 7) is 2.56. The number of hydrogen-bond acceptors (Lipinski definition) is 4. The third-order valence-electron chi connectivity index (χ3n) is 2.88. The molecule has 0 unspecified atom stereocenters. The molecule has 2 N–H and O–H groups in total. The van der Waals surface area contributed by atoms with Gasteiger partial charge in [0.15, 0.2) is 6.73 Å². The Balaban J connectivity index is 1.74. The van der Waals surface area contributed by atoms with Gasteiger partial charge in [0.2, 0.25) is 0 Å².